The van der Waals surface area contributed by atoms with Crippen molar-refractivity contribution in [2.45, 2.75) is 37.8 Å². The summed E-state index contributed by atoms with van der Waals surface area (Å²) in [5.74, 6) is 0.432. The first-order valence-corrected chi connectivity index (χ1v) is 8.05. The van der Waals surface area contributed by atoms with E-state index in [1.807, 2.05) is 35.2 Å². The molecule has 0 spiro atoms. The molecule has 1 aliphatic heterocycles. The van der Waals surface area contributed by atoms with Crippen LogP contribution in [0.2, 0.25) is 0 Å². The highest BCUT2D eigenvalue weighted by Gasteiger charge is 2.35. The molecule has 5 nitrogen and oxygen atoms in total. The second kappa shape index (κ2) is 7.79. The number of halogens is 1. The number of carbonyl (C=O) groups excluding carboxylic acids is 2. The van der Waals surface area contributed by atoms with Crippen LogP contribution in [0.3, 0.4) is 0 Å². The van der Waals surface area contributed by atoms with Gasteiger partial charge in [-0.2, -0.15) is 0 Å². The minimum atomic E-state index is -0.632. The van der Waals surface area contributed by atoms with Gasteiger partial charge in [0.05, 0.1) is 0 Å². The van der Waals surface area contributed by atoms with Crippen molar-refractivity contribution in [1.29, 1.82) is 0 Å². The molecule has 0 radical (unpaired) electrons. The van der Waals surface area contributed by atoms with Crippen molar-refractivity contribution in [1.82, 2.24) is 10.2 Å². The van der Waals surface area contributed by atoms with Gasteiger partial charge >= 0.3 is 0 Å². The number of nitrogens with zero attached hydrogens (tertiary/aromatic N) is 1. The van der Waals surface area contributed by atoms with Gasteiger partial charge in [-0.25, -0.2) is 0 Å². The normalized spacial score (nSPS) is 19.6. The number of amides is 2. The van der Waals surface area contributed by atoms with Gasteiger partial charge in [-0.3, -0.25) is 9.59 Å². The first-order chi connectivity index (χ1) is 10.6. The van der Waals surface area contributed by atoms with E-state index in [9.17, 15) is 9.59 Å². The van der Waals surface area contributed by atoms with Crippen LogP contribution < -0.4 is 11.1 Å². The summed E-state index contributed by atoms with van der Waals surface area (Å²) in [4.78, 5) is 26.2. The Morgan fingerprint density at radius 1 is 1.09 bits per heavy atom. The zero-order chi connectivity index (χ0) is 15.5. The third kappa shape index (κ3) is 4.45. The Morgan fingerprint density at radius 2 is 1.70 bits per heavy atom. The lowest BCUT2D eigenvalue weighted by atomic mass is 10.0. The highest BCUT2D eigenvalue weighted by atomic mass is 35.5. The van der Waals surface area contributed by atoms with Crippen LogP contribution in [0.5, 0.6) is 0 Å². The van der Waals surface area contributed by atoms with E-state index in [1.165, 1.54) is 0 Å². The first-order valence-electron chi connectivity index (χ1n) is 8.05. The number of benzene rings is 1. The molecular formula is C17H24ClN3O2. The average molecular weight is 338 g/mol. The quantitative estimate of drug-likeness (QED) is 0.876. The van der Waals surface area contributed by atoms with Crippen molar-refractivity contribution < 1.29 is 9.59 Å². The number of piperidine rings is 1. The molecule has 1 heterocycles. The van der Waals surface area contributed by atoms with Crippen molar-refractivity contribution in [2.24, 2.45) is 11.7 Å². The molecule has 1 aromatic carbocycles. The van der Waals surface area contributed by atoms with Crippen LogP contribution in [0.25, 0.3) is 0 Å². The standard InChI is InChI=1S/C17H23N3O2.ClH/c18-15(12-4-2-1-3-5-12)16(21)19-14-8-10-20(11-9-14)17(22)13-6-7-13;/h1-5,13-15H,6-11,18H2,(H,19,21);1H. The zero-order valence-electron chi connectivity index (χ0n) is 13.1. The van der Waals surface area contributed by atoms with Crippen molar-refractivity contribution in [2.75, 3.05) is 13.1 Å². The number of likely N-dealkylation sites (tertiary alicyclic amines) is 1. The predicted octanol–water partition coefficient (Wildman–Crippen LogP) is 1.63. The van der Waals surface area contributed by atoms with Crippen LogP contribution in [0.1, 0.15) is 37.3 Å². The summed E-state index contributed by atoms with van der Waals surface area (Å²) >= 11 is 0. The molecule has 2 aliphatic rings. The van der Waals surface area contributed by atoms with Gasteiger partial charge in [0.2, 0.25) is 11.8 Å². The highest BCUT2D eigenvalue weighted by molar-refractivity contribution is 5.85. The van der Waals surface area contributed by atoms with Crippen LogP contribution in [-0.2, 0) is 9.59 Å². The minimum Gasteiger partial charge on any atom is -0.352 e. The molecule has 0 aromatic heterocycles. The molecule has 3 rings (SSSR count). The molecule has 1 aromatic rings. The maximum atomic E-state index is 12.2. The lowest BCUT2D eigenvalue weighted by Crippen LogP contribution is -2.48. The van der Waals surface area contributed by atoms with Gasteiger partial charge < -0.3 is 16.0 Å². The lowest BCUT2D eigenvalue weighted by molar-refractivity contribution is -0.133. The molecule has 126 valence electrons. The van der Waals surface area contributed by atoms with Gasteiger partial charge in [0.25, 0.3) is 0 Å². The molecule has 1 aliphatic carbocycles. The Morgan fingerprint density at radius 3 is 2.26 bits per heavy atom. The fourth-order valence-electron chi connectivity index (χ4n) is 2.94. The Kier molecular flexibility index (Phi) is 6.02. The molecule has 1 atom stereocenters. The van der Waals surface area contributed by atoms with Gasteiger partial charge in [-0.15, -0.1) is 12.4 Å². The third-order valence-electron chi connectivity index (χ3n) is 4.52. The monoisotopic (exact) mass is 337 g/mol. The van der Waals surface area contributed by atoms with Gasteiger partial charge in [0.15, 0.2) is 0 Å². The summed E-state index contributed by atoms with van der Waals surface area (Å²) in [6, 6.07) is 8.87. The smallest absolute Gasteiger partial charge is 0.241 e. The van der Waals surface area contributed by atoms with Gasteiger partial charge in [0.1, 0.15) is 6.04 Å². The van der Waals surface area contributed by atoms with E-state index < -0.39 is 6.04 Å². The maximum Gasteiger partial charge on any atom is 0.241 e. The summed E-state index contributed by atoms with van der Waals surface area (Å²) in [5, 5.41) is 3.02. The van der Waals surface area contributed by atoms with Crippen LogP contribution in [0.15, 0.2) is 30.3 Å². The number of rotatable bonds is 4. The van der Waals surface area contributed by atoms with E-state index in [2.05, 4.69) is 5.32 Å². The Hall–Kier alpha value is -1.59. The van der Waals surface area contributed by atoms with Crippen LogP contribution in [-0.4, -0.2) is 35.8 Å². The van der Waals surface area contributed by atoms with Crippen molar-refractivity contribution in [3.63, 3.8) is 0 Å². The molecule has 3 N–H and O–H groups in total. The largest absolute Gasteiger partial charge is 0.352 e. The first kappa shape index (κ1) is 17.8. The van der Waals surface area contributed by atoms with Crippen molar-refractivity contribution >= 4 is 24.2 Å². The Bertz CT molecular complexity index is 540. The minimum absolute atomic E-state index is 0. The molecule has 1 saturated carbocycles. The molecule has 0 bridgehead atoms. The molecule has 23 heavy (non-hydrogen) atoms. The van der Waals surface area contributed by atoms with E-state index in [-0.39, 0.29) is 30.3 Å². The van der Waals surface area contributed by atoms with E-state index in [4.69, 9.17) is 5.73 Å². The second-order valence-electron chi connectivity index (χ2n) is 6.27. The van der Waals surface area contributed by atoms with Crippen LogP contribution in [0.4, 0.5) is 0 Å². The molecule has 1 unspecified atom stereocenters. The average Bonchev–Trinajstić information content (AvgIpc) is 3.40. The summed E-state index contributed by atoms with van der Waals surface area (Å²) < 4.78 is 0. The zero-order valence-corrected chi connectivity index (χ0v) is 13.9. The molecule has 1 saturated heterocycles. The molecule has 2 amide bonds. The molecular weight excluding hydrogens is 314 g/mol. The van der Waals surface area contributed by atoms with E-state index in [1.54, 1.807) is 0 Å². The lowest BCUT2D eigenvalue weighted by Gasteiger charge is -2.33. The SMILES string of the molecule is Cl.NC(C(=O)NC1CCN(C(=O)C2CC2)CC1)c1ccccc1. The molecule has 6 heteroatoms. The van der Waals surface area contributed by atoms with Gasteiger partial charge in [-0.1, -0.05) is 30.3 Å². The number of nitrogens with one attached hydrogen (secondary N) is 1. The van der Waals surface area contributed by atoms with Crippen LogP contribution >= 0.6 is 12.4 Å². The van der Waals surface area contributed by atoms with E-state index in [0.717, 1.165) is 44.3 Å². The maximum absolute atomic E-state index is 12.2. The summed E-state index contributed by atoms with van der Waals surface area (Å²) in [5.41, 5.74) is 6.82. The second-order valence-corrected chi connectivity index (χ2v) is 6.27. The summed E-state index contributed by atoms with van der Waals surface area (Å²) in [7, 11) is 0. The number of nitrogens with two attached hydrogens (primary N) is 1. The fraction of sp³-hybridized carbons (Fsp3) is 0.529. The fourth-order valence-corrected chi connectivity index (χ4v) is 2.94. The van der Waals surface area contributed by atoms with E-state index in [0.29, 0.717) is 5.91 Å². The van der Waals surface area contributed by atoms with Gasteiger partial charge in [-0.05, 0) is 31.2 Å². The van der Waals surface area contributed by atoms with E-state index >= 15 is 0 Å². The number of hydrogen-bond donors (Lipinski definition) is 2. The van der Waals surface area contributed by atoms with Crippen LogP contribution in [0, 0.1) is 5.92 Å². The summed E-state index contributed by atoms with van der Waals surface area (Å²) in [6.45, 7) is 1.47. The topological polar surface area (TPSA) is 75.4 Å². The number of carbonyl (C=O) groups is 2. The van der Waals surface area contributed by atoms with Crippen molar-refractivity contribution in [3.8, 4) is 0 Å². The van der Waals surface area contributed by atoms with Crippen molar-refractivity contribution in [3.05, 3.63) is 35.9 Å². The molecule has 2 fully saturated rings. The third-order valence-corrected chi connectivity index (χ3v) is 4.52. The predicted molar refractivity (Wildman–Crippen MR) is 91.1 cm³/mol. The number of hydrogen-bond acceptors (Lipinski definition) is 3. The summed E-state index contributed by atoms with van der Waals surface area (Å²) in [6.07, 6.45) is 3.71. The Balaban J connectivity index is 0.00000192. The Labute approximate surface area is 143 Å². The van der Waals surface area contributed by atoms with Gasteiger partial charge in [0, 0.05) is 25.0 Å². The highest BCUT2D eigenvalue weighted by Crippen LogP contribution is 2.31.